The molecule has 2 saturated carbocycles. The number of benzene rings is 3. The van der Waals surface area contributed by atoms with E-state index in [9.17, 15) is 33.6 Å². The zero-order valence-corrected chi connectivity index (χ0v) is 38.6. The summed E-state index contributed by atoms with van der Waals surface area (Å²) in [7, 11) is 0. The molecule has 2 aliphatic carbocycles. The fourth-order valence-corrected chi connectivity index (χ4v) is 7.86. The van der Waals surface area contributed by atoms with Crippen LogP contribution in [0.4, 0.5) is 0 Å². The van der Waals surface area contributed by atoms with Crippen LogP contribution in [-0.2, 0) is 38.2 Å². The lowest BCUT2D eigenvalue weighted by Crippen LogP contribution is -2.30. The Balaban J connectivity index is 0.949. The Hall–Kier alpha value is -6.77. The van der Waals surface area contributed by atoms with E-state index >= 15 is 0 Å². The van der Waals surface area contributed by atoms with E-state index in [1.54, 1.807) is 48.5 Å². The number of esters is 6. The summed E-state index contributed by atoms with van der Waals surface area (Å²) >= 11 is 0. The summed E-state index contributed by atoms with van der Waals surface area (Å²) in [4.78, 5) is 86.3. The van der Waals surface area contributed by atoms with Crippen molar-refractivity contribution in [2.24, 2.45) is 23.7 Å². The Bertz CT molecular complexity index is 2150. The van der Waals surface area contributed by atoms with Gasteiger partial charge in [0, 0.05) is 12.2 Å². The van der Waals surface area contributed by atoms with Crippen LogP contribution < -0.4 is 28.4 Å². The maximum absolute atomic E-state index is 13.2. The van der Waals surface area contributed by atoms with Gasteiger partial charge in [0.25, 0.3) is 0 Å². The van der Waals surface area contributed by atoms with Gasteiger partial charge in [-0.3, -0.25) is 24.0 Å². The molecule has 3 aromatic carbocycles. The monoisotopic (exact) mass is 938 g/mol. The molecular formula is C53H62O15. The second kappa shape index (κ2) is 28.4. The number of unbranched alkanes of at least 4 members (excludes halogenated alkanes) is 6. The Morgan fingerprint density at radius 1 is 0.426 bits per heavy atom. The van der Waals surface area contributed by atoms with Gasteiger partial charge < -0.3 is 37.9 Å². The Morgan fingerprint density at radius 2 is 0.750 bits per heavy atom. The molecule has 68 heavy (non-hydrogen) atoms. The van der Waals surface area contributed by atoms with Crippen LogP contribution in [0.2, 0.25) is 0 Å². The Kier molecular flexibility index (Phi) is 21.8. The first-order valence-corrected chi connectivity index (χ1v) is 23.5. The van der Waals surface area contributed by atoms with Crippen LogP contribution >= 0.6 is 0 Å². The summed E-state index contributed by atoms with van der Waals surface area (Å²) in [6, 6.07) is 17.9. The molecule has 15 heteroatoms. The van der Waals surface area contributed by atoms with Crippen LogP contribution in [-0.4, -0.2) is 68.5 Å². The maximum Gasteiger partial charge on any atom is 0.330 e. The minimum absolute atomic E-state index is 0.0395. The minimum atomic E-state index is -0.517. The van der Waals surface area contributed by atoms with Crippen LogP contribution in [0.15, 0.2) is 92.0 Å². The molecule has 364 valence electrons. The normalized spacial score (nSPS) is 17.6. The third-order valence-electron chi connectivity index (χ3n) is 11.8. The average molecular weight is 939 g/mol. The number of carbonyl (C=O) groups is 7. The van der Waals surface area contributed by atoms with E-state index < -0.39 is 35.7 Å². The van der Waals surface area contributed by atoms with Gasteiger partial charge in [-0.15, -0.1) is 0 Å². The topological polar surface area (TPSA) is 193 Å². The molecule has 5 rings (SSSR count). The molecule has 0 atom stereocenters. The van der Waals surface area contributed by atoms with E-state index in [0.29, 0.717) is 107 Å². The molecule has 0 aliphatic heterocycles. The van der Waals surface area contributed by atoms with Gasteiger partial charge in [-0.2, -0.15) is 0 Å². The van der Waals surface area contributed by atoms with E-state index in [2.05, 4.69) is 13.2 Å². The van der Waals surface area contributed by atoms with Crippen molar-refractivity contribution < 1.29 is 71.5 Å². The van der Waals surface area contributed by atoms with E-state index in [1.807, 2.05) is 0 Å². The average Bonchev–Trinajstić information content (AvgIpc) is 3.36. The van der Waals surface area contributed by atoms with Gasteiger partial charge in [0.15, 0.2) is 6.29 Å². The third kappa shape index (κ3) is 17.8. The smallest absolute Gasteiger partial charge is 0.330 e. The second-order valence-electron chi connectivity index (χ2n) is 16.8. The van der Waals surface area contributed by atoms with Crippen LogP contribution in [0, 0.1) is 23.7 Å². The van der Waals surface area contributed by atoms with Crippen molar-refractivity contribution in [3.8, 4) is 34.5 Å². The van der Waals surface area contributed by atoms with Crippen molar-refractivity contribution >= 4 is 42.1 Å². The van der Waals surface area contributed by atoms with Crippen LogP contribution in [0.5, 0.6) is 34.5 Å². The number of carbonyl (C=O) groups excluding carboxylic acids is 7. The highest BCUT2D eigenvalue weighted by molar-refractivity contribution is 5.85. The number of rotatable bonds is 27. The summed E-state index contributed by atoms with van der Waals surface area (Å²) in [6.07, 6.45) is 13.2. The van der Waals surface area contributed by atoms with Gasteiger partial charge in [0.1, 0.15) is 34.5 Å². The molecule has 0 aromatic heterocycles. The lowest BCUT2D eigenvalue weighted by atomic mass is 9.82. The van der Waals surface area contributed by atoms with E-state index in [4.69, 9.17) is 37.9 Å². The number of hydrogen-bond donors (Lipinski definition) is 0. The molecule has 2 fully saturated rings. The summed E-state index contributed by atoms with van der Waals surface area (Å²) in [6.45, 7) is 8.54. The third-order valence-corrected chi connectivity index (χ3v) is 11.8. The van der Waals surface area contributed by atoms with Crippen LogP contribution in [0.25, 0.3) is 0 Å². The molecule has 0 N–H and O–H groups in total. The molecule has 3 aromatic rings. The first-order chi connectivity index (χ1) is 33.0. The standard InChI is InChI=1S/C53H62O15/c1-3-48(55)63-33-11-7-5-9-31-61-42-21-25-44(26-22-42)65-50(57)37-13-15-39(16-14-37)52(59)67-46-29-30-47(41(35-46)36-54)68-53(60)40-19-17-38(18-20-40)51(58)66-45-27-23-43(24-28-45)62-32-10-6-8-12-34-64-49(56)4-2/h3-4,21-30,35-40H,1-2,5-20,31-34H2/t37-,38-,39-,40+. The minimum Gasteiger partial charge on any atom is -0.494 e. The van der Waals surface area contributed by atoms with Gasteiger partial charge >= 0.3 is 35.8 Å². The number of aldehydes is 1. The summed E-state index contributed by atoms with van der Waals surface area (Å²) in [5.74, 6) is -1.97. The molecule has 0 unspecified atom stereocenters. The zero-order chi connectivity index (χ0) is 48.5. The molecule has 0 heterocycles. The number of ether oxygens (including phenoxy) is 8. The fourth-order valence-electron chi connectivity index (χ4n) is 7.86. The number of hydrogen-bond acceptors (Lipinski definition) is 15. The summed E-state index contributed by atoms with van der Waals surface area (Å²) < 4.78 is 44.0. The molecule has 0 saturated heterocycles. The fraction of sp³-hybridized carbons (Fsp3) is 0.453. The van der Waals surface area contributed by atoms with Crippen LogP contribution in [0.1, 0.15) is 113 Å². The van der Waals surface area contributed by atoms with Crippen molar-refractivity contribution in [1.82, 2.24) is 0 Å². The zero-order valence-electron chi connectivity index (χ0n) is 38.6. The van der Waals surface area contributed by atoms with Crippen molar-refractivity contribution in [2.45, 2.75) is 103 Å². The molecule has 15 nitrogen and oxygen atoms in total. The van der Waals surface area contributed by atoms with Gasteiger partial charge in [0.05, 0.1) is 55.7 Å². The van der Waals surface area contributed by atoms with Crippen molar-refractivity contribution in [2.75, 3.05) is 26.4 Å². The Morgan fingerprint density at radius 3 is 1.12 bits per heavy atom. The van der Waals surface area contributed by atoms with Gasteiger partial charge in [-0.25, -0.2) is 9.59 Å². The maximum atomic E-state index is 13.2. The van der Waals surface area contributed by atoms with Gasteiger partial charge in [-0.05, 0) is 169 Å². The van der Waals surface area contributed by atoms with E-state index in [0.717, 1.165) is 63.5 Å². The lowest BCUT2D eigenvalue weighted by molar-refractivity contribution is -0.145. The molecular weight excluding hydrogens is 877 g/mol. The molecule has 0 spiro atoms. The predicted octanol–water partition coefficient (Wildman–Crippen LogP) is 9.47. The van der Waals surface area contributed by atoms with Gasteiger partial charge in [0.2, 0.25) is 0 Å². The Labute approximate surface area is 397 Å². The summed E-state index contributed by atoms with van der Waals surface area (Å²) in [5.41, 5.74) is 0.0431. The first-order valence-electron chi connectivity index (χ1n) is 23.5. The van der Waals surface area contributed by atoms with Crippen molar-refractivity contribution in [3.05, 3.63) is 97.6 Å². The summed E-state index contributed by atoms with van der Waals surface area (Å²) in [5, 5.41) is 0. The van der Waals surface area contributed by atoms with Crippen molar-refractivity contribution in [3.63, 3.8) is 0 Å². The second-order valence-corrected chi connectivity index (χ2v) is 16.8. The molecule has 2 aliphatic rings. The van der Waals surface area contributed by atoms with Crippen LogP contribution in [0.3, 0.4) is 0 Å². The molecule has 0 amide bonds. The SMILES string of the molecule is C=CC(=O)OCCCCCCOc1ccc(OC(=O)[C@H]2CC[C@H](C(=O)Oc3ccc(OC(=O)[C@H]4CC[C@@H](C(=O)Oc5ccc(OCCCCCCOC(=O)C=C)cc5)CC4)c(C=O)c3)CC2)cc1. The van der Waals surface area contributed by atoms with E-state index in [1.165, 1.54) is 18.2 Å². The molecule has 0 radical (unpaired) electrons. The predicted molar refractivity (Wildman–Crippen MR) is 248 cm³/mol. The van der Waals surface area contributed by atoms with Crippen molar-refractivity contribution in [1.29, 1.82) is 0 Å². The molecule has 0 bridgehead atoms. The van der Waals surface area contributed by atoms with Gasteiger partial charge in [-0.1, -0.05) is 13.2 Å². The van der Waals surface area contributed by atoms with E-state index in [-0.39, 0.29) is 40.8 Å². The highest BCUT2D eigenvalue weighted by Crippen LogP contribution is 2.35. The highest BCUT2D eigenvalue weighted by Gasteiger charge is 2.34. The quantitative estimate of drug-likeness (QED) is 0.0230. The largest absolute Gasteiger partial charge is 0.494 e. The highest BCUT2D eigenvalue weighted by atomic mass is 16.6. The first kappa shape index (κ1) is 52.2. The lowest BCUT2D eigenvalue weighted by Gasteiger charge is -2.26.